The largest absolute Gasteiger partial charge is 0.476 e. The SMILES string of the molecule is O=C(O)c1nc(F)ccc1-c1cccc(C(F)(F)F)c1. The lowest BCUT2D eigenvalue weighted by atomic mass is 10.0. The summed E-state index contributed by atoms with van der Waals surface area (Å²) in [5, 5.41) is 8.93. The van der Waals surface area contributed by atoms with Gasteiger partial charge in [-0.05, 0) is 29.8 Å². The van der Waals surface area contributed by atoms with Crippen LogP contribution in [0.25, 0.3) is 11.1 Å². The van der Waals surface area contributed by atoms with E-state index in [1.54, 1.807) is 0 Å². The lowest BCUT2D eigenvalue weighted by Crippen LogP contribution is -2.07. The van der Waals surface area contributed by atoms with Crippen molar-refractivity contribution >= 4 is 5.97 Å². The standard InChI is InChI=1S/C13H7F4NO2/c14-10-5-4-9(11(18-10)12(19)20)7-2-1-3-8(6-7)13(15,16)17/h1-6H,(H,19,20). The van der Waals surface area contributed by atoms with Crippen molar-refractivity contribution in [1.82, 2.24) is 4.98 Å². The Morgan fingerprint density at radius 1 is 1.15 bits per heavy atom. The van der Waals surface area contributed by atoms with Crippen molar-refractivity contribution < 1.29 is 27.5 Å². The molecular formula is C13H7F4NO2. The number of nitrogens with zero attached hydrogens (tertiary/aromatic N) is 1. The second kappa shape index (κ2) is 4.92. The quantitative estimate of drug-likeness (QED) is 0.677. The topological polar surface area (TPSA) is 50.2 Å². The maximum absolute atomic E-state index is 12.9. The fraction of sp³-hybridized carbons (Fsp3) is 0.0769. The molecule has 0 fully saturated rings. The molecule has 7 heteroatoms. The molecule has 0 aliphatic rings. The van der Waals surface area contributed by atoms with Gasteiger partial charge in [0.25, 0.3) is 0 Å². The summed E-state index contributed by atoms with van der Waals surface area (Å²) in [5.41, 5.74) is -1.63. The molecule has 0 bridgehead atoms. The first-order valence-corrected chi connectivity index (χ1v) is 5.36. The summed E-state index contributed by atoms with van der Waals surface area (Å²) in [6.45, 7) is 0. The minimum absolute atomic E-state index is 0.00438. The molecule has 1 aromatic heterocycles. The van der Waals surface area contributed by atoms with Gasteiger partial charge < -0.3 is 5.11 Å². The number of halogens is 4. The highest BCUT2D eigenvalue weighted by Crippen LogP contribution is 2.32. The molecule has 1 heterocycles. The van der Waals surface area contributed by atoms with Gasteiger partial charge in [-0.15, -0.1) is 0 Å². The third-order valence-electron chi connectivity index (χ3n) is 2.56. The number of carboxylic acids is 1. The summed E-state index contributed by atoms with van der Waals surface area (Å²) in [5.74, 6) is -2.53. The minimum Gasteiger partial charge on any atom is -0.476 e. The lowest BCUT2D eigenvalue weighted by molar-refractivity contribution is -0.137. The monoisotopic (exact) mass is 285 g/mol. The van der Waals surface area contributed by atoms with Crippen LogP contribution >= 0.6 is 0 Å². The Labute approximate surface area is 110 Å². The minimum atomic E-state index is -4.55. The zero-order valence-electron chi connectivity index (χ0n) is 9.78. The lowest BCUT2D eigenvalue weighted by Gasteiger charge is -2.10. The highest BCUT2D eigenvalue weighted by molar-refractivity contribution is 5.93. The number of alkyl halides is 3. The van der Waals surface area contributed by atoms with E-state index in [-0.39, 0.29) is 11.1 Å². The van der Waals surface area contributed by atoms with Gasteiger partial charge in [0, 0.05) is 5.56 Å². The van der Waals surface area contributed by atoms with Crippen molar-refractivity contribution in [2.24, 2.45) is 0 Å². The molecule has 0 aliphatic carbocycles. The average molecular weight is 285 g/mol. The molecule has 0 radical (unpaired) electrons. The molecule has 3 nitrogen and oxygen atoms in total. The van der Waals surface area contributed by atoms with Crippen LogP contribution < -0.4 is 0 Å². The summed E-state index contributed by atoms with van der Waals surface area (Å²) in [6, 6.07) is 6.08. The fourth-order valence-electron chi connectivity index (χ4n) is 1.69. The van der Waals surface area contributed by atoms with Gasteiger partial charge in [-0.3, -0.25) is 0 Å². The third-order valence-corrected chi connectivity index (χ3v) is 2.56. The normalized spacial score (nSPS) is 11.4. The first-order valence-electron chi connectivity index (χ1n) is 5.36. The van der Waals surface area contributed by atoms with E-state index >= 15 is 0 Å². The van der Waals surface area contributed by atoms with E-state index in [0.717, 1.165) is 30.3 Å². The van der Waals surface area contributed by atoms with Crippen LogP contribution in [-0.4, -0.2) is 16.1 Å². The number of rotatable bonds is 2. The molecular weight excluding hydrogens is 278 g/mol. The molecule has 0 spiro atoms. The molecule has 1 N–H and O–H groups in total. The van der Waals surface area contributed by atoms with Crippen LogP contribution in [-0.2, 0) is 6.18 Å². The molecule has 0 saturated carbocycles. The van der Waals surface area contributed by atoms with E-state index in [0.29, 0.717) is 0 Å². The molecule has 2 rings (SSSR count). The molecule has 104 valence electrons. The zero-order valence-corrected chi connectivity index (χ0v) is 9.78. The van der Waals surface area contributed by atoms with E-state index in [9.17, 15) is 22.4 Å². The number of aromatic nitrogens is 1. The van der Waals surface area contributed by atoms with Gasteiger partial charge in [0.05, 0.1) is 5.56 Å². The van der Waals surface area contributed by atoms with Crippen LogP contribution in [0, 0.1) is 5.95 Å². The molecule has 0 saturated heterocycles. The van der Waals surface area contributed by atoms with Gasteiger partial charge in [-0.2, -0.15) is 17.6 Å². The Hall–Kier alpha value is -2.44. The van der Waals surface area contributed by atoms with E-state index in [4.69, 9.17) is 5.11 Å². The Bertz CT molecular complexity index is 668. The van der Waals surface area contributed by atoms with Crippen LogP contribution in [0.5, 0.6) is 0 Å². The molecule has 20 heavy (non-hydrogen) atoms. The van der Waals surface area contributed by atoms with Crippen LogP contribution in [0.1, 0.15) is 16.1 Å². The van der Waals surface area contributed by atoms with Gasteiger partial charge in [-0.25, -0.2) is 9.78 Å². The van der Waals surface area contributed by atoms with Gasteiger partial charge >= 0.3 is 12.1 Å². The number of hydrogen-bond donors (Lipinski definition) is 1. The molecule has 2 aromatic rings. The van der Waals surface area contributed by atoms with Crippen molar-refractivity contribution in [2.45, 2.75) is 6.18 Å². The van der Waals surface area contributed by atoms with E-state index in [2.05, 4.69) is 4.98 Å². The van der Waals surface area contributed by atoms with Crippen LogP contribution in [0.3, 0.4) is 0 Å². The number of pyridine rings is 1. The van der Waals surface area contributed by atoms with Crippen LogP contribution in [0.15, 0.2) is 36.4 Å². The number of benzene rings is 1. The van der Waals surface area contributed by atoms with E-state index < -0.39 is 29.4 Å². The first-order chi connectivity index (χ1) is 9.29. The van der Waals surface area contributed by atoms with Gasteiger partial charge in [0.2, 0.25) is 5.95 Å². The predicted molar refractivity (Wildman–Crippen MR) is 61.6 cm³/mol. The number of hydrogen-bond acceptors (Lipinski definition) is 2. The predicted octanol–water partition coefficient (Wildman–Crippen LogP) is 3.60. The van der Waals surface area contributed by atoms with E-state index in [1.165, 1.54) is 6.07 Å². The van der Waals surface area contributed by atoms with Crippen LogP contribution in [0.2, 0.25) is 0 Å². The zero-order chi connectivity index (χ0) is 14.9. The first kappa shape index (κ1) is 14.0. The summed E-state index contributed by atoms with van der Waals surface area (Å²) < 4.78 is 50.8. The summed E-state index contributed by atoms with van der Waals surface area (Å²) in [7, 11) is 0. The van der Waals surface area contributed by atoms with Crippen molar-refractivity contribution in [3.8, 4) is 11.1 Å². The molecule has 0 unspecified atom stereocenters. The van der Waals surface area contributed by atoms with Crippen molar-refractivity contribution in [1.29, 1.82) is 0 Å². The van der Waals surface area contributed by atoms with E-state index in [1.807, 2.05) is 0 Å². The Kier molecular flexibility index (Phi) is 3.44. The number of carbonyl (C=O) groups is 1. The molecule has 0 aliphatic heterocycles. The van der Waals surface area contributed by atoms with Gasteiger partial charge in [0.1, 0.15) is 0 Å². The average Bonchev–Trinajstić information content (AvgIpc) is 2.37. The van der Waals surface area contributed by atoms with Crippen molar-refractivity contribution in [3.05, 3.63) is 53.6 Å². The highest BCUT2D eigenvalue weighted by atomic mass is 19.4. The van der Waals surface area contributed by atoms with Crippen LogP contribution in [0.4, 0.5) is 17.6 Å². The summed E-state index contributed by atoms with van der Waals surface area (Å²) >= 11 is 0. The third kappa shape index (κ3) is 2.76. The molecule has 1 aromatic carbocycles. The smallest absolute Gasteiger partial charge is 0.416 e. The number of aromatic carboxylic acids is 1. The maximum atomic E-state index is 12.9. The van der Waals surface area contributed by atoms with Gasteiger partial charge in [-0.1, -0.05) is 12.1 Å². The molecule has 0 amide bonds. The highest BCUT2D eigenvalue weighted by Gasteiger charge is 2.30. The number of carboxylic acid groups (broad SMARTS) is 1. The fourth-order valence-corrected chi connectivity index (χ4v) is 1.69. The second-order valence-corrected chi connectivity index (χ2v) is 3.91. The Morgan fingerprint density at radius 3 is 2.45 bits per heavy atom. The molecule has 0 atom stereocenters. The van der Waals surface area contributed by atoms with Crippen molar-refractivity contribution in [3.63, 3.8) is 0 Å². The second-order valence-electron chi connectivity index (χ2n) is 3.91. The Morgan fingerprint density at radius 2 is 1.85 bits per heavy atom. The maximum Gasteiger partial charge on any atom is 0.416 e. The van der Waals surface area contributed by atoms with Crippen molar-refractivity contribution in [2.75, 3.05) is 0 Å². The summed E-state index contributed by atoms with van der Waals surface area (Å²) in [4.78, 5) is 14.2. The summed E-state index contributed by atoms with van der Waals surface area (Å²) in [6.07, 6.45) is -4.55. The Balaban J connectivity index is 2.60. The van der Waals surface area contributed by atoms with Gasteiger partial charge in [0.15, 0.2) is 5.69 Å².